The minimum absolute atomic E-state index is 0.0477. The number of rotatable bonds is 4. The first-order valence-corrected chi connectivity index (χ1v) is 5.81. The first-order valence-electron chi connectivity index (χ1n) is 5.02. The van der Waals surface area contributed by atoms with Gasteiger partial charge in [-0.1, -0.05) is 13.3 Å². The number of hydrogen-bond acceptors (Lipinski definition) is 2. The molecule has 0 atom stereocenters. The van der Waals surface area contributed by atoms with Gasteiger partial charge in [-0.15, -0.1) is 0 Å². The molecular weight excluding hydrogens is 256 g/mol. The summed E-state index contributed by atoms with van der Waals surface area (Å²) in [5, 5.41) is 0. The zero-order chi connectivity index (χ0) is 11.3. The van der Waals surface area contributed by atoms with Crippen molar-refractivity contribution in [3.05, 3.63) is 28.5 Å². The summed E-state index contributed by atoms with van der Waals surface area (Å²) in [7, 11) is 1.83. The Kier molecular flexibility index (Phi) is 4.75. The van der Waals surface area contributed by atoms with E-state index in [-0.39, 0.29) is 5.91 Å². The summed E-state index contributed by atoms with van der Waals surface area (Å²) < 4.78 is 0.692. The van der Waals surface area contributed by atoms with E-state index in [4.69, 9.17) is 0 Å². The van der Waals surface area contributed by atoms with Crippen LogP contribution in [0.15, 0.2) is 22.9 Å². The molecule has 1 amide bonds. The summed E-state index contributed by atoms with van der Waals surface area (Å²) in [5.41, 5.74) is 0.676. The molecular formula is C11H15BrN2O. The van der Waals surface area contributed by atoms with Crippen molar-refractivity contribution in [2.75, 3.05) is 13.6 Å². The number of hydrogen-bond donors (Lipinski definition) is 0. The topological polar surface area (TPSA) is 33.2 Å². The predicted molar refractivity (Wildman–Crippen MR) is 63.8 cm³/mol. The van der Waals surface area contributed by atoms with Crippen LogP contribution >= 0.6 is 15.9 Å². The standard InChI is InChI=1S/C11H15BrN2O/c1-3-4-7-14(2)11(15)9-5-6-13-10(12)8-9/h5-6,8H,3-4,7H2,1-2H3. The lowest BCUT2D eigenvalue weighted by Gasteiger charge is -2.16. The van der Waals surface area contributed by atoms with E-state index in [2.05, 4.69) is 27.8 Å². The van der Waals surface area contributed by atoms with Crippen molar-refractivity contribution < 1.29 is 4.79 Å². The van der Waals surface area contributed by atoms with Crippen LogP contribution in [-0.4, -0.2) is 29.4 Å². The smallest absolute Gasteiger partial charge is 0.253 e. The minimum Gasteiger partial charge on any atom is -0.342 e. The van der Waals surface area contributed by atoms with Crippen LogP contribution in [-0.2, 0) is 0 Å². The third kappa shape index (κ3) is 3.63. The Balaban J connectivity index is 2.67. The van der Waals surface area contributed by atoms with Gasteiger partial charge >= 0.3 is 0 Å². The molecule has 0 N–H and O–H groups in total. The summed E-state index contributed by atoms with van der Waals surface area (Å²) in [6.45, 7) is 2.91. The molecule has 1 heterocycles. The minimum atomic E-state index is 0.0477. The Bertz CT molecular complexity index is 341. The molecule has 0 unspecified atom stereocenters. The van der Waals surface area contributed by atoms with Gasteiger partial charge in [0, 0.05) is 25.4 Å². The van der Waals surface area contributed by atoms with E-state index in [0.717, 1.165) is 19.4 Å². The van der Waals surface area contributed by atoms with Crippen molar-refractivity contribution in [1.29, 1.82) is 0 Å². The number of carbonyl (C=O) groups is 1. The molecule has 0 fully saturated rings. The number of aromatic nitrogens is 1. The highest BCUT2D eigenvalue weighted by molar-refractivity contribution is 9.10. The van der Waals surface area contributed by atoms with Gasteiger partial charge in [0.1, 0.15) is 4.60 Å². The zero-order valence-electron chi connectivity index (χ0n) is 9.03. The highest BCUT2D eigenvalue weighted by Crippen LogP contribution is 2.10. The van der Waals surface area contributed by atoms with Crippen molar-refractivity contribution in [3.8, 4) is 0 Å². The second-order valence-corrected chi connectivity index (χ2v) is 4.26. The van der Waals surface area contributed by atoms with E-state index < -0.39 is 0 Å². The molecule has 0 saturated heterocycles. The molecule has 1 aromatic heterocycles. The van der Waals surface area contributed by atoms with Crippen LogP contribution in [0, 0.1) is 0 Å². The van der Waals surface area contributed by atoms with Crippen molar-refractivity contribution in [3.63, 3.8) is 0 Å². The van der Waals surface area contributed by atoms with Crippen LogP contribution < -0.4 is 0 Å². The summed E-state index contributed by atoms with van der Waals surface area (Å²) in [4.78, 5) is 17.6. The van der Waals surface area contributed by atoms with Crippen LogP contribution in [0.2, 0.25) is 0 Å². The maximum absolute atomic E-state index is 11.9. The molecule has 0 saturated carbocycles. The molecule has 0 bridgehead atoms. The lowest BCUT2D eigenvalue weighted by molar-refractivity contribution is 0.0793. The number of amides is 1. The predicted octanol–water partition coefficient (Wildman–Crippen LogP) is 2.72. The van der Waals surface area contributed by atoms with Crippen molar-refractivity contribution in [2.24, 2.45) is 0 Å². The lowest BCUT2D eigenvalue weighted by atomic mass is 10.2. The normalized spacial score (nSPS) is 10.1. The molecule has 4 heteroatoms. The Morgan fingerprint density at radius 1 is 1.60 bits per heavy atom. The molecule has 0 radical (unpaired) electrons. The van der Waals surface area contributed by atoms with E-state index in [1.54, 1.807) is 23.2 Å². The Morgan fingerprint density at radius 2 is 2.33 bits per heavy atom. The van der Waals surface area contributed by atoms with Crippen molar-refractivity contribution in [1.82, 2.24) is 9.88 Å². The van der Waals surface area contributed by atoms with Gasteiger partial charge < -0.3 is 4.90 Å². The van der Waals surface area contributed by atoms with E-state index in [1.807, 2.05) is 7.05 Å². The van der Waals surface area contributed by atoms with Crippen LogP contribution in [0.3, 0.4) is 0 Å². The first kappa shape index (κ1) is 12.2. The number of halogens is 1. The van der Waals surface area contributed by atoms with Gasteiger partial charge in [0.05, 0.1) is 0 Å². The van der Waals surface area contributed by atoms with Gasteiger partial charge in [0.2, 0.25) is 0 Å². The second kappa shape index (κ2) is 5.85. The molecule has 0 aliphatic rings. The van der Waals surface area contributed by atoms with Crippen LogP contribution in [0.5, 0.6) is 0 Å². The maximum atomic E-state index is 11.9. The molecule has 15 heavy (non-hydrogen) atoms. The second-order valence-electron chi connectivity index (χ2n) is 3.45. The Hall–Kier alpha value is -0.900. The number of pyridine rings is 1. The molecule has 82 valence electrons. The molecule has 0 aliphatic heterocycles. The average Bonchev–Trinajstić information content (AvgIpc) is 2.24. The number of unbranched alkanes of at least 4 members (excludes halogenated alkanes) is 1. The highest BCUT2D eigenvalue weighted by atomic mass is 79.9. The van der Waals surface area contributed by atoms with E-state index in [0.29, 0.717) is 10.2 Å². The number of carbonyl (C=O) groups excluding carboxylic acids is 1. The average molecular weight is 271 g/mol. The Labute approximate surface area is 98.6 Å². The van der Waals surface area contributed by atoms with Gasteiger partial charge in [0.15, 0.2) is 0 Å². The van der Waals surface area contributed by atoms with Crippen LogP contribution in [0.4, 0.5) is 0 Å². The van der Waals surface area contributed by atoms with Crippen LogP contribution in [0.25, 0.3) is 0 Å². The fourth-order valence-corrected chi connectivity index (χ4v) is 1.62. The van der Waals surface area contributed by atoms with E-state index in [9.17, 15) is 4.79 Å². The fraction of sp³-hybridized carbons (Fsp3) is 0.455. The van der Waals surface area contributed by atoms with Gasteiger partial charge in [-0.2, -0.15) is 0 Å². The molecule has 0 spiro atoms. The molecule has 3 nitrogen and oxygen atoms in total. The van der Waals surface area contributed by atoms with Gasteiger partial charge in [-0.3, -0.25) is 4.79 Å². The molecule has 1 rings (SSSR count). The zero-order valence-corrected chi connectivity index (χ0v) is 10.6. The SMILES string of the molecule is CCCCN(C)C(=O)c1ccnc(Br)c1. The van der Waals surface area contributed by atoms with Gasteiger partial charge in [-0.05, 0) is 34.5 Å². The fourth-order valence-electron chi connectivity index (χ4n) is 1.25. The molecule has 1 aromatic rings. The van der Waals surface area contributed by atoms with Gasteiger partial charge in [0.25, 0.3) is 5.91 Å². The van der Waals surface area contributed by atoms with Crippen LogP contribution in [0.1, 0.15) is 30.1 Å². The van der Waals surface area contributed by atoms with E-state index in [1.165, 1.54) is 0 Å². The summed E-state index contributed by atoms with van der Waals surface area (Å²) >= 11 is 3.25. The molecule has 0 aliphatic carbocycles. The Morgan fingerprint density at radius 3 is 2.93 bits per heavy atom. The first-order chi connectivity index (χ1) is 7.15. The maximum Gasteiger partial charge on any atom is 0.253 e. The number of nitrogens with zero attached hydrogens (tertiary/aromatic N) is 2. The third-order valence-corrected chi connectivity index (χ3v) is 2.60. The molecule has 0 aromatic carbocycles. The lowest BCUT2D eigenvalue weighted by Crippen LogP contribution is -2.27. The highest BCUT2D eigenvalue weighted by Gasteiger charge is 2.10. The van der Waals surface area contributed by atoms with E-state index >= 15 is 0 Å². The summed E-state index contributed by atoms with van der Waals surface area (Å²) in [5.74, 6) is 0.0477. The van der Waals surface area contributed by atoms with Crippen molar-refractivity contribution in [2.45, 2.75) is 19.8 Å². The van der Waals surface area contributed by atoms with Crippen molar-refractivity contribution >= 4 is 21.8 Å². The summed E-state index contributed by atoms with van der Waals surface area (Å²) in [6.07, 6.45) is 3.76. The summed E-state index contributed by atoms with van der Waals surface area (Å²) in [6, 6.07) is 3.47. The monoisotopic (exact) mass is 270 g/mol. The largest absolute Gasteiger partial charge is 0.342 e. The quantitative estimate of drug-likeness (QED) is 0.789. The van der Waals surface area contributed by atoms with Gasteiger partial charge in [-0.25, -0.2) is 4.98 Å². The third-order valence-electron chi connectivity index (χ3n) is 2.17.